The normalized spacial score (nSPS) is 10.4. The number of nitrogens with two attached hydrogens (primary N) is 1. The van der Waals surface area contributed by atoms with Gasteiger partial charge in [0.05, 0.1) is 0 Å². The Morgan fingerprint density at radius 3 is 2.62 bits per heavy atom. The molecule has 0 unspecified atom stereocenters. The first-order valence-electron chi connectivity index (χ1n) is 7.50. The van der Waals surface area contributed by atoms with Crippen molar-refractivity contribution in [2.75, 3.05) is 5.32 Å². The van der Waals surface area contributed by atoms with Crippen LogP contribution in [0.2, 0.25) is 0 Å². The first kappa shape index (κ1) is 15.6. The van der Waals surface area contributed by atoms with E-state index >= 15 is 0 Å². The molecule has 3 aromatic rings. The van der Waals surface area contributed by atoms with E-state index in [9.17, 15) is 4.79 Å². The molecular formula is C18H17N5O. The maximum absolute atomic E-state index is 11.1. The SMILES string of the molecule is Cc1cnc(-c2ccc(C(N)=O)cc2)nc1NCc1cccnc1. The van der Waals surface area contributed by atoms with Crippen molar-refractivity contribution in [1.29, 1.82) is 0 Å². The van der Waals surface area contributed by atoms with E-state index < -0.39 is 5.91 Å². The van der Waals surface area contributed by atoms with Crippen molar-refractivity contribution < 1.29 is 4.79 Å². The van der Waals surface area contributed by atoms with E-state index in [0.29, 0.717) is 17.9 Å². The average molecular weight is 319 g/mol. The first-order valence-corrected chi connectivity index (χ1v) is 7.50. The van der Waals surface area contributed by atoms with Crippen LogP contribution in [-0.2, 0) is 6.54 Å². The molecule has 3 rings (SSSR count). The van der Waals surface area contributed by atoms with Crippen LogP contribution in [0.5, 0.6) is 0 Å². The lowest BCUT2D eigenvalue weighted by Gasteiger charge is -2.10. The first-order chi connectivity index (χ1) is 11.6. The van der Waals surface area contributed by atoms with Crippen LogP contribution in [-0.4, -0.2) is 20.9 Å². The highest BCUT2D eigenvalue weighted by atomic mass is 16.1. The summed E-state index contributed by atoms with van der Waals surface area (Å²) in [6, 6.07) is 10.8. The van der Waals surface area contributed by atoms with Crippen molar-refractivity contribution in [3.63, 3.8) is 0 Å². The van der Waals surface area contributed by atoms with E-state index in [2.05, 4.69) is 20.3 Å². The van der Waals surface area contributed by atoms with Crippen LogP contribution < -0.4 is 11.1 Å². The number of carbonyl (C=O) groups is 1. The number of benzene rings is 1. The van der Waals surface area contributed by atoms with Crippen molar-refractivity contribution in [1.82, 2.24) is 15.0 Å². The molecule has 6 heteroatoms. The molecule has 0 atom stereocenters. The minimum Gasteiger partial charge on any atom is -0.366 e. The van der Waals surface area contributed by atoms with Gasteiger partial charge in [0.25, 0.3) is 0 Å². The van der Waals surface area contributed by atoms with Gasteiger partial charge in [-0.3, -0.25) is 9.78 Å². The van der Waals surface area contributed by atoms with Crippen LogP contribution in [0.3, 0.4) is 0 Å². The zero-order valence-electron chi connectivity index (χ0n) is 13.2. The lowest BCUT2D eigenvalue weighted by Crippen LogP contribution is -2.10. The van der Waals surface area contributed by atoms with Gasteiger partial charge < -0.3 is 11.1 Å². The van der Waals surface area contributed by atoms with Crippen molar-refractivity contribution in [2.45, 2.75) is 13.5 Å². The lowest BCUT2D eigenvalue weighted by molar-refractivity contribution is 0.100. The molecule has 0 aliphatic heterocycles. The fourth-order valence-electron chi connectivity index (χ4n) is 2.23. The van der Waals surface area contributed by atoms with Crippen LogP contribution in [0.25, 0.3) is 11.4 Å². The minimum atomic E-state index is -0.454. The third kappa shape index (κ3) is 3.55. The Bertz CT molecular complexity index is 847. The van der Waals surface area contributed by atoms with Gasteiger partial charge in [0.1, 0.15) is 5.82 Å². The number of nitrogens with zero attached hydrogens (tertiary/aromatic N) is 3. The van der Waals surface area contributed by atoms with Gasteiger partial charge in [-0.1, -0.05) is 18.2 Å². The molecule has 0 radical (unpaired) electrons. The second kappa shape index (κ2) is 6.87. The van der Waals surface area contributed by atoms with Gasteiger partial charge in [0.15, 0.2) is 5.82 Å². The summed E-state index contributed by atoms with van der Waals surface area (Å²) in [6.45, 7) is 2.58. The Morgan fingerprint density at radius 2 is 1.96 bits per heavy atom. The van der Waals surface area contributed by atoms with E-state index in [0.717, 1.165) is 22.5 Å². The summed E-state index contributed by atoms with van der Waals surface area (Å²) in [5, 5.41) is 3.30. The van der Waals surface area contributed by atoms with Gasteiger partial charge in [0, 0.05) is 41.8 Å². The Labute approximate surface area is 139 Å². The van der Waals surface area contributed by atoms with Gasteiger partial charge in [0.2, 0.25) is 5.91 Å². The van der Waals surface area contributed by atoms with Crippen LogP contribution in [0.1, 0.15) is 21.5 Å². The number of aryl methyl sites for hydroxylation is 1. The summed E-state index contributed by atoms with van der Waals surface area (Å²) >= 11 is 0. The zero-order chi connectivity index (χ0) is 16.9. The number of hydrogen-bond donors (Lipinski definition) is 2. The number of amides is 1. The van der Waals surface area contributed by atoms with Crippen LogP contribution in [0.4, 0.5) is 5.82 Å². The molecule has 0 aliphatic rings. The van der Waals surface area contributed by atoms with Crippen molar-refractivity contribution >= 4 is 11.7 Å². The van der Waals surface area contributed by atoms with Gasteiger partial charge in [-0.15, -0.1) is 0 Å². The predicted molar refractivity (Wildman–Crippen MR) is 92.3 cm³/mol. The summed E-state index contributed by atoms with van der Waals surface area (Å²) in [4.78, 5) is 24.2. The van der Waals surface area contributed by atoms with Crippen LogP contribution >= 0.6 is 0 Å². The Morgan fingerprint density at radius 1 is 1.17 bits per heavy atom. The summed E-state index contributed by atoms with van der Waals surface area (Å²) in [5.74, 6) is 0.901. The molecule has 1 amide bonds. The van der Waals surface area contributed by atoms with Crippen LogP contribution in [0, 0.1) is 6.92 Å². The smallest absolute Gasteiger partial charge is 0.248 e. The number of anilines is 1. The van der Waals surface area contributed by atoms with E-state index in [1.807, 2.05) is 25.3 Å². The third-order valence-corrected chi connectivity index (χ3v) is 3.58. The third-order valence-electron chi connectivity index (χ3n) is 3.58. The van der Waals surface area contributed by atoms with E-state index in [1.54, 1.807) is 36.7 Å². The molecule has 0 saturated heterocycles. The number of aromatic nitrogens is 3. The maximum Gasteiger partial charge on any atom is 0.248 e. The van der Waals surface area contributed by atoms with Gasteiger partial charge >= 0.3 is 0 Å². The average Bonchev–Trinajstić information content (AvgIpc) is 2.62. The predicted octanol–water partition coefficient (Wildman–Crippen LogP) is 2.56. The summed E-state index contributed by atoms with van der Waals surface area (Å²) in [6.07, 6.45) is 5.33. The molecule has 6 nitrogen and oxygen atoms in total. The highest BCUT2D eigenvalue weighted by Crippen LogP contribution is 2.20. The number of pyridine rings is 1. The molecule has 3 N–H and O–H groups in total. The maximum atomic E-state index is 11.1. The number of nitrogens with one attached hydrogen (secondary N) is 1. The second-order valence-electron chi connectivity index (χ2n) is 5.38. The lowest BCUT2D eigenvalue weighted by atomic mass is 10.1. The molecule has 2 aromatic heterocycles. The standard InChI is InChI=1S/C18H17N5O/c1-12-9-21-18(15-6-4-14(5-7-15)16(19)24)23-17(12)22-11-13-3-2-8-20-10-13/h2-10H,11H2,1H3,(H2,19,24)(H,21,22,23). The summed E-state index contributed by atoms with van der Waals surface area (Å²) in [5.41, 5.74) is 8.57. The topological polar surface area (TPSA) is 93.8 Å². The molecule has 0 saturated carbocycles. The number of primary amides is 1. The van der Waals surface area contributed by atoms with Crippen molar-refractivity contribution in [2.24, 2.45) is 5.73 Å². The fourth-order valence-corrected chi connectivity index (χ4v) is 2.23. The summed E-state index contributed by atoms with van der Waals surface area (Å²) in [7, 11) is 0. The van der Waals surface area contributed by atoms with Crippen LogP contribution in [0.15, 0.2) is 55.0 Å². The number of carbonyl (C=O) groups excluding carboxylic acids is 1. The quantitative estimate of drug-likeness (QED) is 0.754. The molecular weight excluding hydrogens is 302 g/mol. The van der Waals surface area contributed by atoms with Gasteiger partial charge in [-0.05, 0) is 30.7 Å². The Hall–Kier alpha value is -3.28. The molecule has 120 valence electrons. The monoisotopic (exact) mass is 319 g/mol. The second-order valence-corrected chi connectivity index (χ2v) is 5.38. The molecule has 1 aromatic carbocycles. The Kier molecular flexibility index (Phi) is 4.47. The molecule has 0 aliphatic carbocycles. The fraction of sp³-hybridized carbons (Fsp3) is 0.111. The molecule has 24 heavy (non-hydrogen) atoms. The zero-order valence-corrected chi connectivity index (χ0v) is 13.2. The molecule has 0 bridgehead atoms. The van der Waals surface area contributed by atoms with Crippen molar-refractivity contribution in [3.8, 4) is 11.4 Å². The van der Waals surface area contributed by atoms with Crippen molar-refractivity contribution in [3.05, 3.63) is 71.7 Å². The Balaban J connectivity index is 1.81. The highest BCUT2D eigenvalue weighted by Gasteiger charge is 2.07. The molecule has 2 heterocycles. The summed E-state index contributed by atoms with van der Waals surface area (Å²) < 4.78 is 0. The van der Waals surface area contributed by atoms with E-state index in [1.165, 1.54) is 0 Å². The van der Waals surface area contributed by atoms with Gasteiger partial charge in [-0.25, -0.2) is 9.97 Å². The number of rotatable bonds is 5. The van der Waals surface area contributed by atoms with Gasteiger partial charge in [-0.2, -0.15) is 0 Å². The molecule has 0 spiro atoms. The minimum absolute atomic E-state index is 0.454. The highest BCUT2D eigenvalue weighted by molar-refractivity contribution is 5.93. The largest absolute Gasteiger partial charge is 0.366 e. The number of hydrogen-bond acceptors (Lipinski definition) is 5. The van der Waals surface area contributed by atoms with E-state index in [4.69, 9.17) is 5.73 Å². The van der Waals surface area contributed by atoms with E-state index in [-0.39, 0.29) is 0 Å². The molecule has 0 fully saturated rings.